The first-order chi connectivity index (χ1) is 9.71. The van der Waals surface area contributed by atoms with Gasteiger partial charge in [-0.3, -0.25) is 4.79 Å². The summed E-state index contributed by atoms with van der Waals surface area (Å²) in [6.07, 6.45) is 2.04. The van der Waals surface area contributed by atoms with Gasteiger partial charge in [0.1, 0.15) is 10.6 Å². The molecule has 0 heterocycles. The fourth-order valence-corrected chi connectivity index (χ4v) is 3.32. The molecule has 0 fully saturated rings. The number of halogens is 1. The Morgan fingerprint density at radius 3 is 2.57 bits per heavy atom. The summed E-state index contributed by atoms with van der Waals surface area (Å²) >= 11 is 3.22. The van der Waals surface area contributed by atoms with Gasteiger partial charge in [0.15, 0.2) is 0 Å². The number of aliphatic carboxylic acids is 1. The predicted molar refractivity (Wildman–Crippen MR) is 81.9 cm³/mol. The van der Waals surface area contributed by atoms with Crippen molar-refractivity contribution in [2.24, 2.45) is 5.14 Å². The standard InChI is InChI=1S/C13H18BrNO5S/c1-9-7-10(14)8-11(21(15,18)19)13(9)20-6-4-2-3-5-12(16)17/h7-8H,2-6H2,1H3,(H,16,17)(H2,15,18,19). The van der Waals surface area contributed by atoms with Crippen LogP contribution in [0.5, 0.6) is 5.75 Å². The Balaban J connectivity index is 2.69. The van der Waals surface area contributed by atoms with Gasteiger partial charge in [-0.1, -0.05) is 15.9 Å². The van der Waals surface area contributed by atoms with Crippen molar-refractivity contribution in [3.05, 3.63) is 22.2 Å². The molecule has 0 radical (unpaired) electrons. The van der Waals surface area contributed by atoms with Gasteiger partial charge in [-0.25, -0.2) is 13.6 Å². The number of unbranched alkanes of at least 4 members (excludes halogenated alkanes) is 2. The summed E-state index contributed by atoms with van der Waals surface area (Å²) in [4.78, 5) is 10.3. The van der Waals surface area contributed by atoms with Gasteiger partial charge in [0.05, 0.1) is 6.61 Å². The minimum absolute atomic E-state index is 0.0556. The van der Waals surface area contributed by atoms with Gasteiger partial charge in [0.2, 0.25) is 10.0 Å². The molecule has 0 saturated carbocycles. The zero-order chi connectivity index (χ0) is 16.0. The third-order valence-corrected chi connectivity index (χ3v) is 4.17. The molecular weight excluding hydrogens is 362 g/mol. The molecule has 0 unspecified atom stereocenters. The van der Waals surface area contributed by atoms with Gasteiger partial charge in [0.25, 0.3) is 0 Å². The molecule has 0 saturated heterocycles. The zero-order valence-corrected chi connectivity index (χ0v) is 14.0. The third-order valence-electron chi connectivity index (χ3n) is 2.79. The van der Waals surface area contributed by atoms with Crippen molar-refractivity contribution < 1.29 is 23.1 Å². The Hall–Kier alpha value is -1.12. The normalized spacial score (nSPS) is 11.4. The Labute approximate surface area is 132 Å². The molecule has 1 rings (SSSR count). The van der Waals surface area contributed by atoms with Crippen LogP contribution in [0.4, 0.5) is 0 Å². The molecule has 0 atom stereocenters. The smallest absolute Gasteiger partial charge is 0.303 e. The minimum Gasteiger partial charge on any atom is -0.492 e. The number of primary sulfonamides is 1. The van der Waals surface area contributed by atoms with Crippen molar-refractivity contribution in [2.75, 3.05) is 6.61 Å². The average Bonchev–Trinajstić information content (AvgIpc) is 2.33. The fraction of sp³-hybridized carbons (Fsp3) is 0.462. The second-order valence-electron chi connectivity index (χ2n) is 4.65. The molecule has 0 aromatic heterocycles. The van der Waals surface area contributed by atoms with E-state index in [1.807, 2.05) is 0 Å². The molecule has 21 heavy (non-hydrogen) atoms. The molecule has 0 aliphatic rings. The van der Waals surface area contributed by atoms with Gasteiger partial charge in [-0.05, 0) is 43.9 Å². The first-order valence-corrected chi connectivity index (χ1v) is 8.73. The van der Waals surface area contributed by atoms with E-state index in [-0.39, 0.29) is 17.1 Å². The SMILES string of the molecule is Cc1cc(Br)cc(S(N)(=O)=O)c1OCCCCCC(=O)O. The van der Waals surface area contributed by atoms with Crippen molar-refractivity contribution in [1.29, 1.82) is 0 Å². The van der Waals surface area contributed by atoms with E-state index in [4.69, 9.17) is 15.0 Å². The number of carboxylic acid groups (broad SMARTS) is 1. The molecule has 6 nitrogen and oxygen atoms in total. The second kappa shape index (κ2) is 7.77. The van der Waals surface area contributed by atoms with Crippen LogP contribution in [0.1, 0.15) is 31.2 Å². The number of carboxylic acids is 1. The lowest BCUT2D eigenvalue weighted by molar-refractivity contribution is -0.137. The molecule has 0 spiro atoms. The van der Waals surface area contributed by atoms with E-state index in [1.54, 1.807) is 13.0 Å². The van der Waals surface area contributed by atoms with E-state index in [2.05, 4.69) is 15.9 Å². The lowest BCUT2D eigenvalue weighted by Crippen LogP contribution is -2.15. The number of aryl methyl sites for hydroxylation is 1. The third kappa shape index (κ3) is 6.03. The number of hydrogen-bond donors (Lipinski definition) is 2. The van der Waals surface area contributed by atoms with Crippen molar-refractivity contribution in [3.63, 3.8) is 0 Å². The van der Waals surface area contributed by atoms with Crippen LogP contribution in [0.3, 0.4) is 0 Å². The highest BCUT2D eigenvalue weighted by atomic mass is 79.9. The van der Waals surface area contributed by atoms with E-state index >= 15 is 0 Å². The molecule has 0 amide bonds. The summed E-state index contributed by atoms with van der Waals surface area (Å²) in [5, 5.41) is 13.7. The van der Waals surface area contributed by atoms with Gasteiger partial charge in [0, 0.05) is 10.9 Å². The topological polar surface area (TPSA) is 107 Å². The zero-order valence-electron chi connectivity index (χ0n) is 11.6. The first-order valence-electron chi connectivity index (χ1n) is 6.39. The van der Waals surface area contributed by atoms with E-state index in [1.165, 1.54) is 6.07 Å². The molecule has 1 aromatic rings. The maximum atomic E-state index is 11.6. The summed E-state index contributed by atoms with van der Waals surface area (Å²) in [5.74, 6) is -0.574. The van der Waals surface area contributed by atoms with Crippen LogP contribution in [-0.2, 0) is 14.8 Å². The van der Waals surface area contributed by atoms with Crippen LogP contribution >= 0.6 is 15.9 Å². The Bertz CT molecular complexity index is 615. The Kier molecular flexibility index (Phi) is 6.63. The molecule has 0 aliphatic carbocycles. The van der Waals surface area contributed by atoms with Crippen molar-refractivity contribution in [1.82, 2.24) is 0 Å². The number of hydrogen-bond acceptors (Lipinski definition) is 4. The molecule has 118 valence electrons. The highest BCUT2D eigenvalue weighted by Crippen LogP contribution is 2.31. The quantitative estimate of drug-likeness (QED) is 0.674. The monoisotopic (exact) mass is 379 g/mol. The second-order valence-corrected chi connectivity index (χ2v) is 7.09. The summed E-state index contributed by atoms with van der Waals surface area (Å²) in [7, 11) is -3.87. The number of benzene rings is 1. The molecule has 3 N–H and O–H groups in total. The van der Waals surface area contributed by atoms with Crippen LogP contribution < -0.4 is 9.88 Å². The summed E-state index contributed by atoms with van der Waals surface area (Å²) in [6.45, 7) is 2.05. The van der Waals surface area contributed by atoms with Crippen molar-refractivity contribution in [3.8, 4) is 5.75 Å². The predicted octanol–water partition coefficient (Wildman–Crippen LogP) is 2.43. The lowest BCUT2D eigenvalue weighted by atomic mass is 10.2. The summed E-state index contributed by atoms with van der Waals surface area (Å²) in [5.41, 5.74) is 0.666. The Morgan fingerprint density at radius 2 is 2.00 bits per heavy atom. The molecule has 1 aromatic carbocycles. The largest absolute Gasteiger partial charge is 0.492 e. The van der Waals surface area contributed by atoms with Crippen LogP contribution in [0.2, 0.25) is 0 Å². The van der Waals surface area contributed by atoms with Crippen LogP contribution in [-0.4, -0.2) is 26.1 Å². The number of nitrogens with two attached hydrogens (primary N) is 1. The maximum absolute atomic E-state index is 11.6. The molecular formula is C13H18BrNO5S. The van der Waals surface area contributed by atoms with Crippen molar-refractivity contribution >= 4 is 31.9 Å². The fourth-order valence-electron chi connectivity index (χ4n) is 1.82. The molecule has 0 aliphatic heterocycles. The van der Waals surface area contributed by atoms with Gasteiger partial charge in [-0.2, -0.15) is 0 Å². The van der Waals surface area contributed by atoms with Gasteiger partial charge in [-0.15, -0.1) is 0 Å². The first kappa shape index (κ1) is 17.9. The summed E-state index contributed by atoms with van der Waals surface area (Å²) in [6, 6.07) is 3.15. The number of rotatable bonds is 8. The average molecular weight is 380 g/mol. The number of ether oxygens (including phenoxy) is 1. The summed E-state index contributed by atoms with van der Waals surface area (Å²) < 4.78 is 29.3. The lowest BCUT2D eigenvalue weighted by Gasteiger charge is -2.13. The maximum Gasteiger partial charge on any atom is 0.303 e. The molecule has 8 heteroatoms. The number of sulfonamides is 1. The Morgan fingerprint density at radius 1 is 1.33 bits per heavy atom. The van der Waals surface area contributed by atoms with Crippen LogP contribution in [0.15, 0.2) is 21.5 Å². The highest BCUT2D eigenvalue weighted by Gasteiger charge is 2.18. The van der Waals surface area contributed by atoms with E-state index in [0.29, 0.717) is 35.9 Å². The highest BCUT2D eigenvalue weighted by molar-refractivity contribution is 9.10. The van der Waals surface area contributed by atoms with Gasteiger partial charge < -0.3 is 9.84 Å². The van der Waals surface area contributed by atoms with Crippen LogP contribution in [0.25, 0.3) is 0 Å². The minimum atomic E-state index is -3.87. The van der Waals surface area contributed by atoms with E-state index < -0.39 is 16.0 Å². The van der Waals surface area contributed by atoms with E-state index in [9.17, 15) is 13.2 Å². The number of carbonyl (C=O) groups is 1. The van der Waals surface area contributed by atoms with Crippen LogP contribution in [0, 0.1) is 6.92 Å². The van der Waals surface area contributed by atoms with Crippen molar-refractivity contribution in [2.45, 2.75) is 37.5 Å². The van der Waals surface area contributed by atoms with E-state index in [0.717, 1.165) is 0 Å². The van der Waals surface area contributed by atoms with Gasteiger partial charge >= 0.3 is 5.97 Å². The molecule has 0 bridgehead atoms.